The summed E-state index contributed by atoms with van der Waals surface area (Å²) in [6.45, 7) is 0.325. The van der Waals surface area contributed by atoms with Crippen molar-refractivity contribution in [3.05, 3.63) is 112 Å². The van der Waals surface area contributed by atoms with Crippen LogP contribution in [-0.2, 0) is 17.7 Å². The number of hydrogen-bond donors (Lipinski definition) is 0. The van der Waals surface area contributed by atoms with Crippen molar-refractivity contribution in [2.24, 2.45) is 0 Å². The lowest BCUT2D eigenvalue weighted by Crippen LogP contribution is -2.21. The maximum absolute atomic E-state index is 13.0. The van der Waals surface area contributed by atoms with Crippen LogP contribution in [0.3, 0.4) is 0 Å². The van der Waals surface area contributed by atoms with Gasteiger partial charge in [-0.1, -0.05) is 48.4 Å². The molecule has 0 aliphatic carbocycles. The lowest BCUT2D eigenvalue weighted by molar-refractivity contribution is 0.0600. The number of fused-ring (bicyclic) bond motifs is 1. The zero-order valence-electron chi connectivity index (χ0n) is 17.0. The maximum atomic E-state index is 13.0. The second kappa shape index (κ2) is 9.10. The minimum atomic E-state index is -0.409. The van der Waals surface area contributed by atoms with Gasteiger partial charge >= 0.3 is 5.97 Å². The number of methoxy groups -OCH3 is 1. The van der Waals surface area contributed by atoms with E-state index in [1.54, 1.807) is 29.0 Å². The van der Waals surface area contributed by atoms with Crippen LogP contribution in [0.15, 0.2) is 83.8 Å². The fraction of sp³-hybridized carbons (Fsp3) is 0.115. The number of rotatable bonds is 4. The first kappa shape index (κ1) is 20.1. The Morgan fingerprint density at radius 1 is 1.00 bits per heavy atom. The summed E-state index contributed by atoms with van der Waals surface area (Å²) in [6.07, 6.45) is 2.36. The highest BCUT2D eigenvalue weighted by Crippen LogP contribution is 2.11. The Labute approximate surface area is 180 Å². The van der Waals surface area contributed by atoms with Crippen LogP contribution in [0.2, 0.25) is 0 Å². The Hall–Kier alpha value is -4.17. The molecular weight excluding hydrogens is 388 g/mol. The molecule has 5 nitrogen and oxygen atoms in total. The van der Waals surface area contributed by atoms with Crippen LogP contribution >= 0.6 is 0 Å². The summed E-state index contributed by atoms with van der Waals surface area (Å²) >= 11 is 0. The molecule has 0 fully saturated rings. The van der Waals surface area contributed by atoms with Crippen molar-refractivity contribution in [3.8, 4) is 11.8 Å². The van der Waals surface area contributed by atoms with Crippen molar-refractivity contribution in [3.63, 3.8) is 0 Å². The molecule has 0 radical (unpaired) electrons. The number of carbonyl (C=O) groups excluding carboxylic acids is 1. The summed E-state index contributed by atoms with van der Waals surface area (Å²) in [6, 6.07) is 22.6. The molecule has 0 aliphatic rings. The van der Waals surface area contributed by atoms with Crippen molar-refractivity contribution in [2.45, 2.75) is 13.0 Å². The monoisotopic (exact) mass is 408 g/mol. The van der Waals surface area contributed by atoms with Gasteiger partial charge in [0.25, 0.3) is 5.56 Å². The highest BCUT2D eigenvalue weighted by molar-refractivity contribution is 5.89. The summed E-state index contributed by atoms with van der Waals surface area (Å²) in [5.74, 6) is 5.75. The van der Waals surface area contributed by atoms with E-state index >= 15 is 0 Å². The molecule has 0 bridgehead atoms. The maximum Gasteiger partial charge on any atom is 0.337 e. The van der Waals surface area contributed by atoms with Gasteiger partial charge in [0.05, 0.1) is 19.2 Å². The first-order valence-electron chi connectivity index (χ1n) is 9.84. The molecule has 0 atom stereocenters. The van der Waals surface area contributed by atoms with E-state index in [9.17, 15) is 9.59 Å². The van der Waals surface area contributed by atoms with Crippen molar-refractivity contribution >= 4 is 16.9 Å². The summed E-state index contributed by atoms with van der Waals surface area (Å²) < 4.78 is 6.34. The lowest BCUT2D eigenvalue weighted by Gasteiger charge is -2.08. The van der Waals surface area contributed by atoms with E-state index in [1.165, 1.54) is 7.11 Å². The Bertz CT molecular complexity index is 1360. The number of benzene rings is 2. The lowest BCUT2D eigenvalue weighted by atomic mass is 10.1. The van der Waals surface area contributed by atoms with Crippen LogP contribution < -0.4 is 5.56 Å². The van der Waals surface area contributed by atoms with Gasteiger partial charge < -0.3 is 9.30 Å². The molecule has 5 heteroatoms. The van der Waals surface area contributed by atoms with Gasteiger partial charge in [-0.25, -0.2) is 9.78 Å². The van der Waals surface area contributed by atoms with E-state index in [-0.39, 0.29) is 5.56 Å². The zero-order chi connectivity index (χ0) is 21.6. The van der Waals surface area contributed by atoms with Crippen LogP contribution in [0.1, 0.15) is 27.2 Å². The van der Waals surface area contributed by atoms with E-state index in [2.05, 4.69) is 16.8 Å². The largest absolute Gasteiger partial charge is 0.465 e. The topological polar surface area (TPSA) is 61.2 Å². The molecule has 4 rings (SSSR count). The van der Waals surface area contributed by atoms with Gasteiger partial charge in [-0.2, -0.15) is 0 Å². The van der Waals surface area contributed by atoms with Crippen molar-refractivity contribution in [1.82, 2.24) is 9.55 Å². The number of carbonyl (C=O) groups is 1. The summed E-state index contributed by atoms with van der Waals surface area (Å²) in [4.78, 5) is 29.3. The molecule has 152 valence electrons. The van der Waals surface area contributed by atoms with Gasteiger partial charge in [-0.3, -0.25) is 4.79 Å². The molecule has 0 N–H and O–H groups in total. The molecular formula is C26H20N2O3. The Kier molecular flexibility index (Phi) is 5.91. The molecule has 0 saturated heterocycles. The standard InChI is InChI=1S/C26H20N2O3/c1-31-26(30)22-11-5-10-20(17-22)18-28-16-15-21-13-14-23(27-24(21)25(28)29)12-6-9-19-7-3-2-4-8-19/h2-5,7-8,10-11,13-17H,9,18H2,1H3. The molecule has 0 spiro atoms. The van der Waals surface area contributed by atoms with E-state index < -0.39 is 5.97 Å². The summed E-state index contributed by atoms with van der Waals surface area (Å²) in [5.41, 5.74) is 3.13. The summed E-state index contributed by atoms with van der Waals surface area (Å²) in [5, 5.41) is 0.762. The molecule has 0 saturated carbocycles. The van der Waals surface area contributed by atoms with Gasteiger partial charge in [-0.05, 0) is 47.4 Å². The fourth-order valence-electron chi connectivity index (χ4n) is 3.29. The first-order valence-corrected chi connectivity index (χ1v) is 9.84. The molecule has 0 amide bonds. The van der Waals surface area contributed by atoms with Gasteiger partial charge in [0.15, 0.2) is 0 Å². The average Bonchev–Trinajstić information content (AvgIpc) is 2.81. The molecule has 2 heterocycles. The van der Waals surface area contributed by atoms with Crippen LogP contribution in [0.4, 0.5) is 0 Å². The Balaban J connectivity index is 1.61. The molecule has 0 unspecified atom stereocenters. The van der Waals surface area contributed by atoms with Crippen molar-refractivity contribution < 1.29 is 9.53 Å². The molecule has 31 heavy (non-hydrogen) atoms. The van der Waals surface area contributed by atoms with E-state index in [1.807, 2.05) is 54.6 Å². The molecule has 4 aromatic rings. The predicted octanol–water partition coefficient (Wildman–Crippen LogP) is 3.83. The van der Waals surface area contributed by atoms with E-state index in [0.717, 1.165) is 16.5 Å². The third kappa shape index (κ3) is 4.71. The van der Waals surface area contributed by atoms with Crippen LogP contribution in [0.25, 0.3) is 10.9 Å². The minimum absolute atomic E-state index is 0.201. The van der Waals surface area contributed by atoms with Crippen LogP contribution in [-0.4, -0.2) is 22.6 Å². The van der Waals surface area contributed by atoms with Crippen LogP contribution in [0.5, 0.6) is 0 Å². The van der Waals surface area contributed by atoms with Crippen LogP contribution in [0, 0.1) is 11.8 Å². The van der Waals surface area contributed by atoms with Crippen molar-refractivity contribution in [2.75, 3.05) is 7.11 Å². The number of ether oxygens (including phenoxy) is 1. The summed E-state index contributed by atoms with van der Waals surface area (Å²) in [7, 11) is 1.34. The van der Waals surface area contributed by atoms with E-state index in [4.69, 9.17) is 4.74 Å². The zero-order valence-corrected chi connectivity index (χ0v) is 17.0. The van der Waals surface area contributed by atoms with Gasteiger partial charge in [0, 0.05) is 18.0 Å². The highest BCUT2D eigenvalue weighted by Gasteiger charge is 2.09. The van der Waals surface area contributed by atoms with Gasteiger partial charge in [0.1, 0.15) is 11.2 Å². The number of hydrogen-bond acceptors (Lipinski definition) is 4. The number of esters is 1. The molecule has 2 aromatic carbocycles. The Morgan fingerprint density at radius 3 is 2.61 bits per heavy atom. The number of aromatic nitrogens is 2. The Morgan fingerprint density at radius 2 is 1.81 bits per heavy atom. The van der Waals surface area contributed by atoms with Gasteiger partial charge in [0.2, 0.25) is 0 Å². The third-order valence-corrected chi connectivity index (χ3v) is 4.88. The van der Waals surface area contributed by atoms with Crippen molar-refractivity contribution in [1.29, 1.82) is 0 Å². The fourth-order valence-corrected chi connectivity index (χ4v) is 3.29. The smallest absolute Gasteiger partial charge is 0.337 e. The quantitative estimate of drug-likeness (QED) is 0.380. The normalized spacial score (nSPS) is 10.4. The molecule has 2 aromatic heterocycles. The second-order valence-corrected chi connectivity index (χ2v) is 7.04. The highest BCUT2D eigenvalue weighted by atomic mass is 16.5. The molecule has 0 aliphatic heterocycles. The first-order chi connectivity index (χ1) is 15.1. The third-order valence-electron chi connectivity index (χ3n) is 4.88. The average molecular weight is 408 g/mol. The number of pyridine rings is 2. The SMILES string of the molecule is COC(=O)c1cccc(Cn2ccc3ccc(C#CCc4ccccc4)nc3c2=O)c1. The predicted molar refractivity (Wildman–Crippen MR) is 120 cm³/mol. The van der Waals surface area contributed by atoms with Gasteiger partial charge in [-0.15, -0.1) is 0 Å². The van der Waals surface area contributed by atoms with E-state index in [0.29, 0.717) is 29.7 Å². The second-order valence-electron chi connectivity index (χ2n) is 7.04. The number of nitrogens with zero attached hydrogens (tertiary/aromatic N) is 2. The minimum Gasteiger partial charge on any atom is -0.465 e.